The molecule has 12 heteroatoms. The highest BCUT2D eigenvalue weighted by molar-refractivity contribution is 5.93. The lowest BCUT2D eigenvalue weighted by Crippen LogP contribution is -2.70. The van der Waals surface area contributed by atoms with Crippen LogP contribution in [0.25, 0.3) is 0 Å². The molecule has 1 saturated heterocycles. The second kappa shape index (κ2) is 30.4. The molecule has 12 nitrogen and oxygen atoms in total. The smallest absolute Gasteiger partial charge is 0.417 e. The van der Waals surface area contributed by atoms with Gasteiger partial charge in [0.05, 0.1) is 19.8 Å². The van der Waals surface area contributed by atoms with Crippen LogP contribution in [0, 0.1) is 0 Å². The summed E-state index contributed by atoms with van der Waals surface area (Å²) >= 11 is 0. The van der Waals surface area contributed by atoms with Gasteiger partial charge in [0.15, 0.2) is 6.23 Å². The Morgan fingerprint density at radius 3 is 1.65 bits per heavy atom. The first-order chi connectivity index (χ1) is 26.8. The summed E-state index contributed by atoms with van der Waals surface area (Å²) in [5.41, 5.74) is 6.41. The average Bonchev–Trinajstić information content (AvgIpc) is 3.20. The monoisotopic (exact) mass is 778 g/mol. The first-order valence-corrected chi connectivity index (χ1v) is 21.6. The molecule has 0 unspecified atom stereocenters. The van der Waals surface area contributed by atoms with Crippen LogP contribution in [0.3, 0.4) is 0 Å². The number of nitrogens with zero attached hydrogens (tertiary/aromatic N) is 2. The quantitative estimate of drug-likeness (QED) is 0.0562. The van der Waals surface area contributed by atoms with Crippen molar-refractivity contribution in [3.63, 3.8) is 0 Å². The molecule has 1 fully saturated rings. The number of amides is 3. The molecule has 0 bridgehead atoms. The molecule has 5 atom stereocenters. The topological polar surface area (TPSA) is 172 Å². The largest absolute Gasteiger partial charge is 0.449 e. The number of carbonyl (C=O) groups is 3. The number of unbranched alkanes of at least 4 members (excludes halogenated alkanes) is 20. The van der Waals surface area contributed by atoms with Crippen molar-refractivity contribution >= 4 is 18.1 Å². The number of rotatable bonds is 30. The van der Waals surface area contributed by atoms with E-state index < -0.39 is 61.8 Å². The highest BCUT2D eigenvalue weighted by Crippen LogP contribution is 2.30. The average molecular weight is 778 g/mol. The lowest BCUT2D eigenvalue weighted by Gasteiger charge is -2.48. The molecule has 0 saturated carbocycles. The molecule has 55 heavy (non-hydrogen) atoms. The third-order valence-corrected chi connectivity index (χ3v) is 10.5. The molecule has 316 valence electrons. The van der Waals surface area contributed by atoms with Gasteiger partial charge in [0, 0.05) is 6.54 Å². The highest BCUT2D eigenvalue weighted by Gasteiger charge is 2.53. The maximum Gasteiger partial charge on any atom is 0.417 e. The van der Waals surface area contributed by atoms with Gasteiger partial charge in [0.1, 0.15) is 31.0 Å². The van der Waals surface area contributed by atoms with Crippen LogP contribution in [0.1, 0.15) is 161 Å². The van der Waals surface area contributed by atoms with Crippen LogP contribution < -0.4 is 5.73 Å². The fraction of sp³-hybridized carbons (Fsp3) is 0.791. The SMILES string of the molecule is CCCCCCCCCCCCCCOC(=O)N(CCCCCCCCCCCC)[C@@H]1O[C@H](CO)[C@H](O)[C@H](O)[C@H]1N(C(=O)CN)C(=O)OCc1ccccc1. The molecule has 1 heterocycles. The van der Waals surface area contributed by atoms with Crippen molar-refractivity contribution in [2.75, 3.05) is 26.3 Å². The van der Waals surface area contributed by atoms with E-state index in [1.807, 2.05) is 6.07 Å². The van der Waals surface area contributed by atoms with Gasteiger partial charge in [-0.05, 0) is 18.4 Å². The minimum atomic E-state index is -1.80. The van der Waals surface area contributed by atoms with E-state index in [0.29, 0.717) is 23.3 Å². The van der Waals surface area contributed by atoms with Crippen LogP contribution in [0.4, 0.5) is 9.59 Å². The number of aliphatic hydroxyl groups excluding tert-OH is 3. The minimum absolute atomic E-state index is 0.139. The Balaban J connectivity index is 2.14. The third-order valence-electron chi connectivity index (χ3n) is 10.5. The zero-order valence-corrected chi connectivity index (χ0v) is 34.1. The summed E-state index contributed by atoms with van der Waals surface area (Å²) < 4.78 is 17.3. The van der Waals surface area contributed by atoms with Gasteiger partial charge >= 0.3 is 12.2 Å². The number of benzene rings is 1. The van der Waals surface area contributed by atoms with E-state index in [4.69, 9.17) is 19.9 Å². The molecule has 1 aliphatic rings. The summed E-state index contributed by atoms with van der Waals surface area (Å²) in [6, 6.07) is 7.27. The Labute approximate surface area is 331 Å². The molecule has 0 aromatic heterocycles. The minimum Gasteiger partial charge on any atom is -0.449 e. The summed E-state index contributed by atoms with van der Waals surface area (Å²) in [5.74, 6) is -0.894. The maximum absolute atomic E-state index is 13.9. The Morgan fingerprint density at radius 1 is 0.673 bits per heavy atom. The van der Waals surface area contributed by atoms with Gasteiger partial charge in [0.2, 0.25) is 5.91 Å². The van der Waals surface area contributed by atoms with Crippen LogP contribution in [0.15, 0.2) is 30.3 Å². The summed E-state index contributed by atoms with van der Waals surface area (Å²) in [5, 5.41) is 32.5. The molecular weight excluding hydrogens is 702 g/mol. The molecule has 1 aromatic rings. The van der Waals surface area contributed by atoms with Crippen molar-refractivity contribution in [1.29, 1.82) is 0 Å². The van der Waals surface area contributed by atoms with E-state index in [2.05, 4.69) is 13.8 Å². The molecule has 0 radical (unpaired) electrons. The molecule has 0 spiro atoms. The van der Waals surface area contributed by atoms with Crippen molar-refractivity contribution in [2.45, 2.75) is 192 Å². The predicted molar refractivity (Wildman–Crippen MR) is 215 cm³/mol. The Morgan fingerprint density at radius 2 is 1.16 bits per heavy atom. The Bertz CT molecular complexity index is 1140. The Hall–Kier alpha value is -2.77. The lowest BCUT2D eigenvalue weighted by molar-refractivity contribution is -0.240. The standard InChI is InChI=1S/C43H75N3O9/c1-3-5-7-9-11-13-15-16-18-20-22-27-31-53-42(51)45(30-26-21-19-17-14-12-10-8-6-4-2)41-38(40(50)39(49)36(33-47)55-41)46(37(48)32-44)43(52)54-34-35-28-24-23-25-29-35/h23-25,28-29,36,38-41,47,49-50H,3-22,26-27,30-34,44H2,1-2H3/t36-,38-,39+,40-,41-/m1/s1. The molecule has 1 aromatic carbocycles. The number of aliphatic hydroxyl groups is 3. The summed E-state index contributed by atoms with van der Waals surface area (Å²) in [7, 11) is 0. The molecule has 2 rings (SSSR count). The second-order valence-corrected chi connectivity index (χ2v) is 15.1. The first kappa shape index (κ1) is 48.4. The summed E-state index contributed by atoms with van der Waals surface area (Å²) in [6.45, 7) is 3.28. The van der Waals surface area contributed by atoms with Gasteiger partial charge in [-0.2, -0.15) is 0 Å². The zero-order valence-electron chi connectivity index (χ0n) is 34.1. The van der Waals surface area contributed by atoms with Crippen LogP contribution >= 0.6 is 0 Å². The van der Waals surface area contributed by atoms with Crippen LogP contribution in [-0.4, -0.2) is 100 Å². The number of hydrogen-bond acceptors (Lipinski definition) is 10. The number of nitrogens with two attached hydrogens (primary N) is 1. The van der Waals surface area contributed by atoms with Gasteiger partial charge < -0.3 is 35.3 Å². The Kier molecular flexibility index (Phi) is 26.7. The lowest BCUT2D eigenvalue weighted by atomic mass is 9.94. The second-order valence-electron chi connectivity index (χ2n) is 15.1. The third kappa shape index (κ3) is 18.8. The zero-order chi connectivity index (χ0) is 40.1. The molecule has 5 N–H and O–H groups in total. The van der Waals surface area contributed by atoms with Gasteiger partial charge in [-0.25, -0.2) is 14.5 Å². The van der Waals surface area contributed by atoms with E-state index >= 15 is 0 Å². The summed E-state index contributed by atoms with van der Waals surface area (Å²) in [4.78, 5) is 42.7. The van der Waals surface area contributed by atoms with E-state index in [9.17, 15) is 29.7 Å². The van der Waals surface area contributed by atoms with Crippen LogP contribution in [0.2, 0.25) is 0 Å². The van der Waals surface area contributed by atoms with Gasteiger partial charge in [-0.15, -0.1) is 0 Å². The number of hydrogen-bond donors (Lipinski definition) is 4. The van der Waals surface area contributed by atoms with Crippen molar-refractivity contribution < 1.29 is 43.9 Å². The van der Waals surface area contributed by atoms with Crippen LogP contribution in [-0.2, 0) is 25.6 Å². The molecule has 1 aliphatic heterocycles. The van der Waals surface area contributed by atoms with Crippen LogP contribution in [0.5, 0.6) is 0 Å². The fourth-order valence-corrected chi connectivity index (χ4v) is 7.17. The maximum atomic E-state index is 13.9. The van der Waals surface area contributed by atoms with E-state index in [-0.39, 0.29) is 19.8 Å². The van der Waals surface area contributed by atoms with E-state index in [0.717, 1.165) is 44.9 Å². The predicted octanol–water partition coefficient (Wildman–Crippen LogP) is 7.98. The van der Waals surface area contributed by atoms with Crippen molar-refractivity contribution in [1.82, 2.24) is 9.80 Å². The van der Waals surface area contributed by atoms with Gasteiger partial charge in [0.25, 0.3) is 0 Å². The highest BCUT2D eigenvalue weighted by atomic mass is 16.6. The summed E-state index contributed by atoms with van der Waals surface area (Å²) in [6.07, 6.45) is 16.7. The van der Waals surface area contributed by atoms with Gasteiger partial charge in [-0.3, -0.25) is 9.69 Å². The molecular formula is C43H75N3O9. The van der Waals surface area contributed by atoms with Gasteiger partial charge in [-0.1, -0.05) is 173 Å². The van der Waals surface area contributed by atoms with Crippen molar-refractivity contribution in [3.05, 3.63) is 35.9 Å². The fourth-order valence-electron chi connectivity index (χ4n) is 7.17. The normalized spacial score (nSPS) is 19.6. The van der Waals surface area contributed by atoms with Crippen molar-refractivity contribution in [2.24, 2.45) is 5.73 Å². The van der Waals surface area contributed by atoms with E-state index in [1.54, 1.807) is 24.3 Å². The van der Waals surface area contributed by atoms with E-state index in [1.165, 1.54) is 88.4 Å². The number of ether oxygens (including phenoxy) is 3. The molecule has 3 amide bonds. The molecule has 0 aliphatic carbocycles. The number of carbonyl (C=O) groups excluding carboxylic acids is 3. The van der Waals surface area contributed by atoms with Crippen molar-refractivity contribution in [3.8, 4) is 0 Å². The first-order valence-electron chi connectivity index (χ1n) is 21.6. The number of imide groups is 1.